The third kappa shape index (κ3) is 3.45. The van der Waals surface area contributed by atoms with Crippen molar-refractivity contribution in [2.24, 2.45) is 10.1 Å². The molecule has 1 heterocycles. The molecule has 23 heavy (non-hydrogen) atoms. The Kier molecular flexibility index (Phi) is 4.19. The average Bonchev–Trinajstić information content (AvgIpc) is 2.90. The monoisotopic (exact) mass is 305 g/mol. The Hall–Kier alpha value is -2.95. The number of hydrogen-bond donors (Lipinski definition) is 1. The maximum absolute atomic E-state index is 8.23. The number of hydrogen-bond acceptors (Lipinski definition) is 4. The van der Waals surface area contributed by atoms with Gasteiger partial charge in [0.1, 0.15) is 5.71 Å². The highest BCUT2D eigenvalue weighted by Crippen LogP contribution is 2.19. The van der Waals surface area contributed by atoms with E-state index < -0.39 is 0 Å². The second-order valence-electron chi connectivity index (χ2n) is 5.54. The molecular weight excluding hydrogens is 286 g/mol. The molecule has 1 aliphatic rings. The highest BCUT2D eigenvalue weighted by molar-refractivity contribution is 6.63. The summed E-state index contributed by atoms with van der Waals surface area (Å²) in [5.74, 6) is 0.325. The lowest BCUT2D eigenvalue weighted by atomic mass is 10.2. The molecule has 0 aromatic heterocycles. The molecule has 3 rings (SSSR count). The molecule has 0 unspecified atom stereocenters. The number of nitrogens with zero attached hydrogens (tertiary/aromatic N) is 4. The smallest absolute Gasteiger partial charge is 0.169 e. The number of rotatable bonds is 4. The first-order valence-corrected chi connectivity index (χ1v) is 7.44. The molecule has 0 bridgehead atoms. The Balaban J connectivity index is 1.72. The summed E-state index contributed by atoms with van der Waals surface area (Å²) in [5, 5.41) is 14.2. The van der Waals surface area contributed by atoms with Crippen molar-refractivity contribution in [3.05, 3.63) is 60.2 Å². The molecule has 0 amide bonds. The molecule has 0 aliphatic carbocycles. The number of aliphatic imine (C=N–C) groups is 1. The van der Waals surface area contributed by atoms with Gasteiger partial charge in [0, 0.05) is 19.8 Å². The maximum atomic E-state index is 8.23. The highest BCUT2D eigenvalue weighted by atomic mass is 15.5. The summed E-state index contributed by atoms with van der Waals surface area (Å²) in [5.41, 5.74) is 3.64. The summed E-state index contributed by atoms with van der Waals surface area (Å²) in [6, 6.07) is 17.9. The lowest BCUT2D eigenvalue weighted by molar-refractivity contribution is 0.451. The quantitative estimate of drug-likeness (QED) is 0.942. The van der Waals surface area contributed by atoms with E-state index in [1.807, 2.05) is 73.6 Å². The molecular formula is C18H19N5. The van der Waals surface area contributed by atoms with Crippen LogP contribution in [0.25, 0.3) is 0 Å². The first-order chi connectivity index (χ1) is 11.1. The number of benzene rings is 2. The van der Waals surface area contributed by atoms with Gasteiger partial charge in [-0.15, -0.1) is 0 Å². The van der Waals surface area contributed by atoms with E-state index in [0.29, 0.717) is 18.1 Å². The van der Waals surface area contributed by atoms with E-state index in [1.54, 1.807) is 11.2 Å². The zero-order valence-corrected chi connectivity index (χ0v) is 13.3. The van der Waals surface area contributed by atoms with Crippen LogP contribution in [0, 0.1) is 5.41 Å². The van der Waals surface area contributed by atoms with Crippen molar-refractivity contribution in [1.29, 1.82) is 5.41 Å². The summed E-state index contributed by atoms with van der Waals surface area (Å²) >= 11 is 0. The van der Waals surface area contributed by atoms with Gasteiger partial charge in [-0.2, -0.15) is 5.10 Å². The first kappa shape index (κ1) is 15.0. The Morgan fingerprint density at radius 1 is 1.04 bits per heavy atom. The van der Waals surface area contributed by atoms with Gasteiger partial charge >= 0.3 is 0 Å². The third-order valence-electron chi connectivity index (χ3n) is 3.61. The van der Waals surface area contributed by atoms with Crippen LogP contribution in [0.2, 0.25) is 0 Å². The standard InChI is InChI=1S/C18H19N5/c1-22(2)16-10-8-15(9-11-16)21-17-12-20-23(18(17)19)13-14-6-4-3-5-7-14/h3-12,19H,13H2,1-2H3. The number of anilines is 1. The molecule has 5 heteroatoms. The summed E-state index contributed by atoms with van der Waals surface area (Å²) < 4.78 is 0. The van der Waals surface area contributed by atoms with Crippen LogP contribution >= 0.6 is 0 Å². The van der Waals surface area contributed by atoms with Crippen LogP contribution in [0.1, 0.15) is 5.56 Å². The van der Waals surface area contributed by atoms with Crippen LogP contribution in [0.3, 0.4) is 0 Å². The van der Waals surface area contributed by atoms with Crippen LogP contribution in [0.4, 0.5) is 11.4 Å². The minimum Gasteiger partial charge on any atom is -0.378 e. The molecule has 2 aromatic carbocycles. The van der Waals surface area contributed by atoms with Gasteiger partial charge in [0.15, 0.2) is 5.84 Å². The molecule has 1 aliphatic heterocycles. The molecule has 5 nitrogen and oxygen atoms in total. The normalized spacial score (nSPS) is 15.5. The maximum Gasteiger partial charge on any atom is 0.169 e. The molecule has 0 spiro atoms. The molecule has 1 N–H and O–H groups in total. The van der Waals surface area contributed by atoms with E-state index in [4.69, 9.17) is 5.41 Å². The van der Waals surface area contributed by atoms with Crippen molar-refractivity contribution in [2.45, 2.75) is 6.54 Å². The van der Waals surface area contributed by atoms with Crippen LogP contribution in [-0.2, 0) is 6.54 Å². The van der Waals surface area contributed by atoms with E-state index >= 15 is 0 Å². The van der Waals surface area contributed by atoms with Crippen LogP contribution in [0.15, 0.2) is 64.7 Å². The van der Waals surface area contributed by atoms with Gasteiger partial charge in [-0.3, -0.25) is 5.41 Å². The van der Waals surface area contributed by atoms with Gasteiger partial charge in [0.25, 0.3) is 0 Å². The van der Waals surface area contributed by atoms with E-state index in [2.05, 4.69) is 10.1 Å². The zero-order chi connectivity index (χ0) is 16.2. The van der Waals surface area contributed by atoms with Gasteiger partial charge < -0.3 is 4.90 Å². The summed E-state index contributed by atoms with van der Waals surface area (Å²) in [4.78, 5) is 6.55. The topological polar surface area (TPSA) is 55.1 Å². The molecule has 0 atom stereocenters. The van der Waals surface area contributed by atoms with Crippen molar-refractivity contribution in [2.75, 3.05) is 19.0 Å². The Morgan fingerprint density at radius 3 is 2.39 bits per heavy atom. The number of amidine groups is 1. The zero-order valence-electron chi connectivity index (χ0n) is 13.3. The minimum absolute atomic E-state index is 0.325. The molecule has 0 saturated carbocycles. The summed E-state index contributed by atoms with van der Waals surface area (Å²) in [6.45, 7) is 0.578. The van der Waals surface area contributed by atoms with Gasteiger partial charge in [-0.1, -0.05) is 30.3 Å². The SMILES string of the molecule is CN(C)c1ccc(N=C2C=NN(Cc3ccccc3)C2=N)cc1. The molecule has 0 radical (unpaired) electrons. The fourth-order valence-electron chi connectivity index (χ4n) is 2.30. The van der Waals surface area contributed by atoms with Gasteiger partial charge in [0.2, 0.25) is 0 Å². The van der Waals surface area contributed by atoms with Crippen molar-refractivity contribution in [3.8, 4) is 0 Å². The van der Waals surface area contributed by atoms with E-state index in [9.17, 15) is 0 Å². The number of nitrogens with one attached hydrogen (secondary N) is 1. The largest absolute Gasteiger partial charge is 0.378 e. The number of hydrazone groups is 1. The van der Waals surface area contributed by atoms with Gasteiger partial charge in [0.05, 0.1) is 18.4 Å². The van der Waals surface area contributed by atoms with Gasteiger partial charge in [-0.05, 0) is 29.8 Å². The average molecular weight is 305 g/mol. The van der Waals surface area contributed by atoms with E-state index in [0.717, 1.165) is 16.9 Å². The lowest BCUT2D eigenvalue weighted by Crippen LogP contribution is -2.25. The fraction of sp³-hybridized carbons (Fsp3) is 0.167. The van der Waals surface area contributed by atoms with Crippen LogP contribution < -0.4 is 4.90 Å². The predicted octanol–water partition coefficient (Wildman–Crippen LogP) is 3.30. The fourth-order valence-corrected chi connectivity index (χ4v) is 2.30. The van der Waals surface area contributed by atoms with Crippen molar-refractivity contribution in [3.63, 3.8) is 0 Å². The molecule has 2 aromatic rings. The first-order valence-electron chi connectivity index (χ1n) is 7.44. The minimum atomic E-state index is 0.325. The van der Waals surface area contributed by atoms with E-state index in [-0.39, 0.29) is 0 Å². The summed E-state index contributed by atoms with van der Waals surface area (Å²) in [7, 11) is 4.00. The van der Waals surface area contributed by atoms with E-state index in [1.165, 1.54) is 0 Å². The molecule has 0 fully saturated rings. The van der Waals surface area contributed by atoms with Crippen LogP contribution in [0.5, 0.6) is 0 Å². The van der Waals surface area contributed by atoms with Crippen LogP contribution in [-0.4, -0.2) is 36.9 Å². The molecule has 116 valence electrons. The van der Waals surface area contributed by atoms with Crippen molar-refractivity contribution < 1.29 is 0 Å². The second-order valence-corrected chi connectivity index (χ2v) is 5.54. The van der Waals surface area contributed by atoms with Crippen molar-refractivity contribution >= 4 is 29.1 Å². The third-order valence-corrected chi connectivity index (χ3v) is 3.61. The second kappa shape index (κ2) is 6.44. The predicted molar refractivity (Wildman–Crippen MR) is 96.1 cm³/mol. The Labute approximate surface area is 136 Å². The molecule has 0 saturated heterocycles. The summed E-state index contributed by atoms with van der Waals surface area (Å²) in [6.07, 6.45) is 1.64. The van der Waals surface area contributed by atoms with Crippen molar-refractivity contribution in [1.82, 2.24) is 5.01 Å². The lowest BCUT2D eigenvalue weighted by Gasteiger charge is -2.14. The highest BCUT2D eigenvalue weighted by Gasteiger charge is 2.20. The van der Waals surface area contributed by atoms with Gasteiger partial charge in [-0.25, -0.2) is 10.0 Å². The Bertz CT molecular complexity index is 745. The Morgan fingerprint density at radius 2 is 1.74 bits per heavy atom.